The topological polar surface area (TPSA) is 72.5 Å². The molecule has 1 aliphatic carbocycles. The van der Waals surface area contributed by atoms with Crippen molar-refractivity contribution < 1.29 is 14.6 Å². The predicted octanol–water partition coefficient (Wildman–Crippen LogP) is 1.14. The fourth-order valence-corrected chi connectivity index (χ4v) is 3.01. The third-order valence-corrected chi connectivity index (χ3v) is 4.02. The van der Waals surface area contributed by atoms with Gasteiger partial charge >= 0.3 is 5.97 Å². The minimum atomic E-state index is -1.20. The molecule has 0 fully saturated rings. The van der Waals surface area contributed by atoms with Crippen molar-refractivity contribution in [2.75, 3.05) is 13.2 Å². The molecule has 0 saturated heterocycles. The molecule has 2 atom stereocenters. The lowest BCUT2D eigenvalue weighted by Crippen LogP contribution is -2.52. The second kappa shape index (κ2) is 5.72. The van der Waals surface area contributed by atoms with Crippen LogP contribution in [0.15, 0.2) is 24.3 Å². The van der Waals surface area contributed by atoms with Gasteiger partial charge in [0.25, 0.3) is 0 Å². The Morgan fingerprint density at radius 3 is 2.95 bits per heavy atom. The van der Waals surface area contributed by atoms with Gasteiger partial charge in [-0.05, 0) is 37.3 Å². The quantitative estimate of drug-likeness (QED) is 0.799. The molecule has 0 bridgehead atoms. The zero-order valence-electron chi connectivity index (χ0n) is 11.3. The summed E-state index contributed by atoms with van der Waals surface area (Å²) in [5.41, 5.74) is 7.37. The van der Waals surface area contributed by atoms with Crippen LogP contribution in [0.2, 0.25) is 0 Å². The van der Waals surface area contributed by atoms with Crippen LogP contribution in [-0.4, -0.2) is 30.3 Å². The third kappa shape index (κ3) is 2.38. The first kappa shape index (κ1) is 14.0. The summed E-state index contributed by atoms with van der Waals surface area (Å²) < 4.78 is 4.95. The molecule has 0 aliphatic heterocycles. The predicted molar refractivity (Wildman–Crippen MR) is 72.8 cm³/mol. The van der Waals surface area contributed by atoms with E-state index < -0.39 is 17.5 Å². The highest BCUT2D eigenvalue weighted by atomic mass is 16.5. The number of carbonyl (C=O) groups excluding carboxylic acids is 1. The minimum absolute atomic E-state index is 0.240. The van der Waals surface area contributed by atoms with Crippen LogP contribution in [0.3, 0.4) is 0 Å². The van der Waals surface area contributed by atoms with Gasteiger partial charge in [-0.1, -0.05) is 24.3 Å². The molecule has 1 aromatic carbocycles. The standard InChI is InChI=1S/C15H21NO3/c1-2-19-14(18)13(17)15(10-16)9-5-7-11-6-3-4-8-12(11)15/h3-4,6,8,13,17H,2,5,7,9-10,16H2,1H3. The van der Waals surface area contributed by atoms with E-state index in [4.69, 9.17) is 10.5 Å². The molecule has 1 aromatic rings. The summed E-state index contributed by atoms with van der Waals surface area (Å²) in [6.07, 6.45) is 1.40. The summed E-state index contributed by atoms with van der Waals surface area (Å²) in [5, 5.41) is 10.4. The Morgan fingerprint density at radius 1 is 1.53 bits per heavy atom. The van der Waals surface area contributed by atoms with Crippen LogP contribution in [0.1, 0.15) is 30.9 Å². The molecule has 2 rings (SSSR count). The van der Waals surface area contributed by atoms with Crippen molar-refractivity contribution in [3.63, 3.8) is 0 Å². The highest BCUT2D eigenvalue weighted by Gasteiger charge is 2.45. The molecule has 2 unspecified atom stereocenters. The Kier molecular flexibility index (Phi) is 4.22. The van der Waals surface area contributed by atoms with Crippen LogP contribution in [0.5, 0.6) is 0 Å². The monoisotopic (exact) mass is 263 g/mol. The number of aliphatic hydroxyl groups is 1. The average molecular weight is 263 g/mol. The summed E-state index contributed by atoms with van der Waals surface area (Å²) in [6, 6.07) is 7.90. The lowest BCUT2D eigenvalue weighted by atomic mass is 9.66. The Bertz CT molecular complexity index is 460. The molecule has 104 valence electrons. The summed E-state index contributed by atoms with van der Waals surface area (Å²) in [7, 11) is 0. The lowest BCUT2D eigenvalue weighted by molar-refractivity contribution is -0.157. The van der Waals surface area contributed by atoms with E-state index in [0.29, 0.717) is 6.42 Å². The van der Waals surface area contributed by atoms with Crippen molar-refractivity contribution in [1.82, 2.24) is 0 Å². The zero-order chi connectivity index (χ0) is 13.9. The van der Waals surface area contributed by atoms with E-state index in [2.05, 4.69) is 0 Å². The average Bonchev–Trinajstić information content (AvgIpc) is 2.46. The smallest absolute Gasteiger partial charge is 0.335 e. The zero-order valence-corrected chi connectivity index (χ0v) is 11.3. The Hall–Kier alpha value is -1.39. The van der Waals surface area contributed by atoms with E-state index in [1.807, 2.05) is 24.3 Å². The first-order valence-electron chi connectivity index (χ1n) is 6.79. The molecule has 0 saturated carbocycles. The molecule has 0 heterocycles. The number of rotatable bonds is 4. The van der Waals surface area contributed by atoms with E-state index in [0.717, 1.165) is 18.4 Å². The number of aliphatic hydroxyl groups excluding tert-OH is 1. The highest BCUT2D eigenvalue weighted by molar-refractivity contribution is 5.77. The van der Waals surface area contributed by atoms with E-state index in [1.54, 1.807) is 6.92 Å². The maximum Gasteiger partial charge on any atom is 0.335 e. The molecule has 1 aliphatic rings. The molecule has 4 heteroatoms. The van der Waals surface area contributed by atoms with Crippen molar-refractivity contribution in [1.29, 1.82) is 0 Å². The van der Waals surface area contributed by atoms with Gasteiger partial charge in [0.2, 0.25) is 0 Å². The molecular weight excluding hydrogens is 242 g/mol. The number of carbonyl (C=O) groups is 1. The molecule has 0 radical (unpaired) electrons. The van der Waals surface area contributed by atoms with Crippen LogP contribution in [0.4, 0.5) is 0 Å². The molecule has 0 spiro atoms. The highest BCUT2D eigenvalue weighted by Crippen LogP contribution is 2.39. The molecule has 19 heavy (non-hydrogen) atoms. The fourth-order valence-electron chi connectivity index (χ4n) is 3.01. The number of aryl methyl sites for hydroxylation is 1. The number of ether oxygens (including phenoxy) is 1. The van der Waals surface area contributed by atoms with Crippen molar-refractivity contribution in [2.24, 2.45) is 5.73 Å². The van der Waals surface area contributed by atoms with Crippen LogP contribution < -0.4 is 5.73 Å². The van der Waals surface area contributed by atoms with Crippen molar-refractivity contribution in [2.45, 2.75) is 37.7 Å². The maximum absolute atomic E-state index is 11.9. The van der Waals surface area contributed by atoms with E-state index in [9.17, 15) is 9.90 Å². The van der Waals surface area contributed by atoms with E-state index in [-0.39, 0.29) is 13.2 Å². The molecule has 4 nitrogen and oxygen atoms in total. The van der Waals surface area contributed by atoms with Gasteiger partial charge in [-0.25, -0.2) is 4.79 Å². The summed E-state index contributed by atoms with van der Waals surface area (Å²) >= 11 is 0. The van der Waals surface area contributed by atoms with Gasteiger partial charge < -0.3 is 15.6 Å². The largest absolute Gasteiger partial charge is 0.464 e. The Labute approximate surface area is 113 Å². The lowest BCUT2D eigenvalue weighted by Gasteiger charge is -2.40. The maximum atomic E-state index is 11.9. The SMILES string of the molecule is CCOC(=O)C(O)C1(CN)CCCc2ccccc21. The van der Waals surface area contributed by atoms with Gasteiger partial charge in [0.05, 0.1) is 6.61 Å². The number of nitrogens with two attached hydrogens (primary N) is 1. The van der Waals surface area contributed by atoms with Gasteiger partial charge in [-0.3, -0.25) is 0 Å². The third-order valence-electron chi connectivity index (χ3n) is 4.02. The van der Waals surface area contributed by atoms with Crippen LogP contribution in [0, 0.1) is 0 Å². The molecule has 0 amide bonds. The molecule has 3 N–H and O–H groups in total. The first-order chi connectivity index (χ1) is 9.15. The normalized spacial score (nSPS) is 23.5. The minimum Gasteiger partial charge on any atom is -0.464 e. The number of esters is 1. The summed E-state index contributed by atoms with van der Waals surface area (Å²) in [4.78, 5) is 11.9. The number of fused-ring (bicyclic) bond motifs is 1. The van der Waals surface area contributed by atoms with Gasteiger partial charge in [-0.2, -0.15) is 0 Å². The van der Waals surface area contributed by atoms with E-state index in [1.165, 1.54) is 5.56 Å². The van der Waals surface area contributed by atoms with Crippen LogP contribution >= 0.6 is 0 Å². The van der Waals surface area contributed by atoms with Crippen molar-refractivity contribution in [3.8, 4) is 0 Å². The summed E-state index contributed by atoms with van der Waals surface area (Å²) in [5.74, 6) is -0.579. The second-order valence-corrected chi connectivity index (χ2v) is 5.03. The molecular formula is C15H21NO3. The van der Waals surface area contributed by atoms with E-state index >= 15 is 0 Å². The Morgan fingerprint density at radius 2 is 2.26 bits per heavy atom. The van der Waals surface area contributed by atoms with Gasteiger partial charge in [0, 0.05) is 12.0 Å². The van der Waals surface area contributed by atoms with Crippen molar-refractivity contribution >= 4 is 5.97 Å². The van der Waals surface area contributed by atoms with Crippen molar-refractivity contribution in [3.05, 3.63) is 35.4 Å². The summed E-state index contributed by atoms with van der Waals surface area (Å²) in [6.45, 7) is 2.23. The molecule has 0 aromatic heterocycles. The van der Waals surface area contributed by atoms with Gasteiger partial charge in [-0.15, -0.1) is 0 Å². The fraction of sp³-hybridized carbons (Fsp3) is 0.533. The van der Waals surface area contributed by atoms with Crippen LogP contribution in [0.25, 0.3) is 0 Å². The van der Waals surface area contributed by atoms with Crippen LogP contribution in [-0.2, 0) is 21.4 Å². The number of benzene rings is 1. The second-order valence-electron chi connectivity index (χ2n) is 5.03. The first-order valence-corrected chi connectivity index (χ1v) is 6.79. The number of hydrogen-bond acceptors (Lipinski definition) is 4. The Balaban J connectivity index is 2.41. The number of hydrogen-bond donors (Lipinski definition) is 2. The van der Waals surface area contributed by atoms with Gasteiger partial charge in [0.1, 0.15) is 0 Å². The van der Waals surface area contributed by atoms with Gasteiger partial charge in [0.15, 0.2) is 6.10 Å².